The maximum absolute atomic E-state index is 11.4. The lowest BCUT2D eigenvalue weighted by molar-refractivity contribution is 0.0513. The van der Waals surface area contributed by atoms with Crippen molar-refractivity contribution in [1.29, 1.82) is 0 Å². The van der Waals surface area contributed by atoms with Gasteiger partial charge in [0.05, 0.1) is 17.3 Å². The van der Waals surface area contributed by atoms with E-state index in [0.29, 0.717) is 23.8 Å². The van der Waals surface area contributed by atoms with E-state index < -0.39 is 11.6 Å². The van der Waals surface area contributed by atoms with Gasteiger partial charge in [-0.1, -0.05) is 61.8 Å². The van der Waals surface area contributed by atoms with E-state index in [9.17, 15) is 20.1 Å². The topological polar surface area (TPSA) is 77.8 Å². The number of carbonyl (C=O) groups is 1. The first kappa shape index (κ1) is 23.7. The van der Waals surface area contributed by atoms with Crippen LogP contribution in [0.4, 0.5) is 0 Å². The van der Waals surface area contributed by atoms with Crippen LogP contribution in [0.5, 0.6) is 0 Å². The van der Waals surface area contributed by atoms with Gasteiger partial charge in [-0.15, -0.1) is 0 Å². The molecule has 170 valence electrons. The molecule has 1 aromatic carbocycles. The average molecular weight is 427 g/mol. The molecule has 1 saturated carbocycles. The molecule has 0 aliphatic heterocycles. The maximum Gasteiger partial charge on any atom is 0.335 e. The molecule has 0 amide bonds. The molecule has 5 atom stereocenters. The van der Waals surface area contributed by atoms with Gasteiger partial charge in [0.25, 0.3) is 0 Å². The van der Waals surface area contributed by atoms with Gasteiger partial charge in [0, 0.05) is 5.92 Å². The van der Waals surface area contributed by atoms with Gasteiger partial charge in [0.2, 0.25) is 0 Å². The standard InChI is InChI=1S/C27H38O4/c1-3-4-14-27(2,31)15-8-13-23-24-17-19(16-21(24)18-25(23)28)9-7-11-20-10-5-6-12-22(20)26(29)30/h5-6,8,10,12-13,16,21,23-25,28,31H,3-4,7,9,11,14-15,17-18H2,1-2H3,(H,29,30)/t21-,23-,24-,25+,27-/m0/s1. The minimum absolute atomic E-state index is 0.161. The van der Waals surface area contributed by atoms with Crippen LogP contribution in [0.3, 0.4) is 0 Å². The second-order valence-corrected chi connectivity index (χ2v) is 9.79. The van der Waals surface area contributed by atoms with Crippen LogP contribution in [0.15, 0.2) is 48.1 Å². The summed E-state index contributed by atoms with van der Waals surface area (Å²) in [4.78, 5) is 11.4. The molecule has 0 radical (unpaired) electrons. The zero-order valence-corrected chi connectivity index (χ0v) is 19.0. The second kappa shape index (κ2) is 10.6. The first-order valence-corrected chi connectivity index (χ1v) is 11.9. The zero-order chi connectivity index (χ0) is 22.4. The van der Waals surface area contributed by atoms with Crippen molar-refractivity contribution < 1.29 is 20.1 Å². The fourth-order valence-electron chi connectivity index (χ4n) is 5.38. The van der Waals surface area contributed by atoms with Gasteiger partial charge in [-0.3, -0.25) is 0 Å². The Kier molecular flexibility index (Phi) is 8.12. The monoisotopic (exact) mass is 426 g/mol. The molecule has 2 aliphatic rings. The van der Waals surface area contributed by atoms with E-state index in [4.69, 9.17) is 0 Å². The van der Waals surface area contributed by atoms with Gasteiger partial charge in [-0.2, -0.15) is 0 Å². The van der Waals surface area contributed by atoms with Crippen LogP contribution in [0, 0.1) is 17.8 Å². The highest BCUT2D eigenvalue weighted by Crippen LogP contribution is 2.48. The highest BCUT2D eigenvalue weighted by atomic mass is 16.4. The van der Waals surface area contributed by atoms with Crippen molar-refractivity contribution in [3.63, 3.8) is 0 Å². The lowest BCUT2D eigenvalue weighted by Crippen LogP contribution is -2.23. The molecule has 0 saturated heterocycles. The molecule has 4 nitrogen and oxygen atoms in total. The number of aliphatic hydroxyl groups is 2. The summed E-state index contributed by atoms with van der Waals surface area (Å²) in [7, 11) is 0. The summed E-state index contributed by atoms with van der Waals surface area (Å²) in [6, 6.07) is 7.26. The number of carboxylic acids is 1. The van der Waals surface area contributed by atoms with Gasteiger partial charge < -0.3 is 15.3 Å². The van der Waals surface area contributed by atoms with Gasteiger partial charge >= 0.3 is 5.97 Å². The third kappa shape index (κ3) is 6.30. The molecular formula is C27H38O4. The molecule has 3 rings (SSSR count). The predicted molar refractivity (Wildman–Crippen MR) is 124 cm³/mol. The van der Waals surface area contributed by atoms with Crippen molar-refractivity contribution in [3.05, 3.63) is 59.2 Å². The number of aromatic carboxylic acids is 1. The van der Waals surface area contributed by atoms with Crippen LogP contribution in [0.25, 0.3) is 0 Å². The van der Waals surface area contributed by atoms with E-state index in [2.05, 4.69) is 25.2 Å². The molecule has 3 N–H and O–H groups in total. The highest BCUT2D eigenvalue weighted by Gasteiger charge is 2.43. The minimum atomic E-state index is -0.859. The lowest BCUT2D eigenvalue weighted by Gasteiger charge is -2.22. The Morgan fingerprint density at radius 3 is 2.74 bits per heavy atom. The van der Waals surface area contributed by atoms with Gasteiger partial charge in [-0.25, -0.2) is 4.79 Å². The van der Waals surface area contributed by atoms with E-state index in [1.54, 1.807) is 12.1 Å². The Morgan fingerprint density at radius 2 is 2.00 bits per heavy atom. The van der Waals surface area contributed by atoms with Crippen LogP contribution < -0.4 is 0 Å². The van der Waals surface area contributed by atoms with Crippen molar-refractivity contribution in [2.45, 2.75) is 83.3 Å². The fraction of sp³-hybridized carbons (Fsp3) is 0.593. The maximum atomic E-state index is 11.4. The molecule has 1 fully saturated rings. The van der Waals surface area contributed by atoms with E-state index >= 15 is 0 Å². The molecule has 31 heavy (non-hydrogen) atoms. The summed E-state index contributed by atoms with van der Waals surface area (Å²) in [5, 5.41) is 30.4. The molecular weight excluding hydrogens is 388 g/mol. The smallest absolute Gasteiger partial charge is 0.335 e. The summed E-state index contributed by atoms with van der Waals surface area (Å²) < 4.78 is 0. The largest absolute Gasteiger partial charge is 0.478 e. The Bertz CT molecular complexity index is 807. The number of benzene rings is 1. The molecule has 0 spiro atoms. The SMILES string of the molecule is CCCC[C@](C)(O)CC=C[C@H]1[C@H]2CC(CCCc3ccccc3C(=O)O)=C[C@H]2C[C@H]1O. The molecule has 0 heterocycles. The summed E-state index contributed by atoms with van der Waals surface area (Å²) in [6.45, 7) is 4.04. The van der Waals surface area contributed by atoms with Crippen LogP contribution in [-0.4, -0.2) is 33.0 Å². The number of rotatable bonds is 11. The van der Waals surface area contributed by atoms with Crippen molar-refractivity contribution in [2.24, 2.45) is 17.8 Å². The van der Waals surface area contributed by atoms with Crippen molar-refractivity contribution in [2.75, 3.05) is 0 Å². The third-order valence-corrected chi connectivity index (χ3v) is 7.13. The Labute approximate surface area is 186 Å². The van der Waals surface area contributed by atoms with Gasteiger partial charge in [0.15, 0.2) is 0 Å². The van der Waals surface area contributed by atoms with Gasteiger partial charge in [-0.05, 0) is 75.3 Å². The first-order chi connectivity index (χ1) is 14.8. The van der Waals surface area contributed by atoms with Crippen LogP contribution in [0.1, 0.15) is 81.1 Å². The Morgan fingerprint density at radius 1 is 1.23 bits per heavy atom. The van der Waals surface area contributed by atoms with Crippen molar-refractivity contribution in [1.82, 2.24) is 0 Å². The first-order valence-electron chi connectivity index (χ1n) is 11.9. The number of unbranched alkanes of at least 4 members (excludes halogenated alkanes) is 1. The number of aliphatic hydroxyl groups excluding tert-OH is 1. The van der Waals surface area contributed by atoms with E-state index in [-0.39, 0.29) is 12.0 Å². The summed E-state index contributed by atoms with van der Waals surface area (Å²) >= 11 is 0. The number of allylic oxidation sites excluding steroid dienone is 2. The fourth-order valence-corrected chi connectivity index (χ4v) is 5.38. The summed E-state index contributed by atoms with van der Waals surface area (Å²) in [5.41, 5.74) is 2.09. The van der Waals surface area contributed by atoms with Crippen LogP contribution in [-0.2, 0) is 6.42 Å². The summed E-state index contributed by atoms with van der Waals surface area (Å²) in [6.07, 6.45) is 14.4. The summed E-state index contributed by atoms with van der Waals surface area (Å²) in [5.74, 6) is 0.190. The Balaban J connectivity index is 1.51. The number of hydrogen-bond donors (Lipinski definition) is 3. The van der Waals surface area contributed by atoms with Crippen molar-refractivity contribution >= 4 is 5.97 Å². The number of hydrogen-bond acceptors (Lipinski definition) is 3. The van der Waals surface area contributed by atoms with Crippen LogP contribution in [0.2, 0.25) is 0 Å². The van der Waals surface area contributed by atoms with Crippen molar-refractivity contribution in [3.8, 4) is 0 Å². The van der Waals surface area contributed by atoms with Crippen LogP contribution >= 0.6 is 0 Å². The molecule has 1 aromatic rings. The highest BCUT2D eigenvalue weighted by molar-refractivity contribution is 5.89. The van der Waals surface area contributed by atoms with E-state index in [1.165, 1.54) is 5.57 Å². The lowest BCUT2D eigenvalue weighted by atomic mass is 9.87. The minimum Gasteiger partial charge on any atom is -0.478 e. The zero-order valence-electron chi connectivity index (χ0n) is 19.0. The van der Waals surface area contributed by atoms with E-state index in [0.717, 1.165) is 56.9 Å². The molecule has 0 unspecified atom stereocenters. The molecule has 0 aromatic heterocycles. The quantitative estimate of drug-likeness (QED) is 0.406. The Hall–Kier alpha value is -1.91. The normalized spacial score (nSPS) is 27.3. The third-order valence-electron chi connectivity index (χ3n) is 7.13. The number of carboxylic acid groups (broad SMARTS) is 1. The molecule has 0 bridgehead atoms. The van der Waals surface area contributed by atoms with E-state index in [1.807, 2.05) is 19.1 Å². The average Bonchev–Trinajstić information content (AvgIpc) is 3.24. The number of fused-ring (bicyclic) bond motifs is 1. The predicted octanol–water partition coefficient (Wildman–Crippen LogP) is 5.54. The molecule has 4 heteroatoms. The second-order valence-electron chi connectivity index (χ2n) is 9.79. The van der Waals surface area contributed by atoms with Gasteiger partial charge in [0.1, 0.15) is 0 Å². The molecule has 2 aliphatic carbocycles. The number of aryl methyl sites for hydroxylation is 1.